The Labute approximate surface area is 72.8 Å². The van der Waals surface area contributed by atoms with Gasteiger partial charge in [0, 0.05) is 56.3 Å². The van der Waals surface area contributed by atoms with Gasteiger partial charge >= 0.3 is 0 Å². The van der Waals surface area contributed by atoms with Crippen LogP contribution in [-0.4, -0.2) is 25.8 Å². The van der Waals surface area contributed by atoms with Gasteiger partial charge in [-0.1, -0.05) is 0 Å². The molecule has 0 aromatic heterocycles. The Morgan fingerprint density at radius 2 is 1.00 bits per heavy atom. The number of rotatable bonds is 0. The van der Waals surface area contributed by atoms with Crippen LogP contribution in [0.15, 0.2) is 0 Å². The van der Waals surface area contributed by atoms with E-state index in [0.717, 1.165) is 0 Å². The molecule has 0 spiro atoms. The molecular formula is H3AlBTiZr. The molecule has 0 nitrogen and oxygen atoms in total. The van der Waals surface area contributed by atoms with Crippen LogP contribution in [-0.2, 0) is 47.9 Å². The second-order valence-electron chi connectivity index (χ2n) is 0. The molecule has 4 heteroatoms. The van der Waals surface area contributed by atoms with Crippen LogP contribution in [0.3, 0.4) is 0 Å². The minimum absolute atomic E-state index is 0. The van der Waals surface area contributed by atoms with Gasteiger partial charge in [-0.3, -0.25) is 0 Å². The molecule has 4 heavy (non-hydrogen) atoms. The van der Waals surface area contributed by atoms with Gasteiger partial charge < -0.3 is 0 Å². The molecule has 17 valence electrons. The second kappa shape index (κ2) is 19.0. The van der Waals surface area contributed by atoms with Gasteiger partial charge in [0.05, 0.1) is 0 Å². The van der Waals surface area contributed by atoms with E-state index in [2.05, 4.69) is 0 Å². The molecule has 3 radical (unpaired) electrons. The van der Waals surface area contributed by atoms with Crippen molar-refractivity contribution in [1.82, 2.24) is 0 Å². The Balaban J connectivity index is 0. The molecule has 0 amide bonds. The zero-order chi connectivity index (χ0) is 0. The van der Waals surface area contributed by atoms with Gasteiger partial charge in [0.25, 0.3) is 0 Å². The molecule has 0 saturated carbocycles. The predicted octanol–water partition coefficient (Wildman–Crippen LogP) is -1.57. The molecule has 0 atom stereocenters. The third kappa shape index (κ3) is 8.89. The van der Waals surface area contributed by atoms with Crippen molar-refractivity contribution in [2.45, 2.75) is 0 Å². The summed E-state index contributed by atoms with van der Waals surface area (Å²) in [6, 6.07) is 0. The van der Waals surface area contributed by atoms with E-state index in [0.29, 0.717) is 0 Å². The first-order chi connectivity index (χ1) is 0. The van der Waals surface area contributed by atoms with Crippen molar-refractivity contribution >= 4 is 25.8 Å². The molecule has 0 aliphatic heterocycles. The summed E-state index contributed by atoms with van der Waals surface area (Å²) < 4.78 is 0. The van der Waals surface area contributed by atoms with E-state index in [-0.39, 0.29) is 73.7 Å². The topological polar surface area (TPSA) is 0 Å². The van der Waals surface area contributed by atoms with Gasteiger partial charge in [-0.2, -0.15) is 0 Å². The molecule has 0 saturated heterocycles. The predicted molar refractivity (Wildman–Crippen MR) is 15.7 cm³/mol. The molecule has 0 rings (SSSR count). The van der Waals surface area contributed by atoms with Gasteiger partial charge in [0.1, 0.15) is 0 Å². The molecule has 0 aromatic rings. The van der Waals surface area contributed by atoms with Crippen molar-refractivity contribution in [3.63, 3.8) is 0 Å². The normalized spacial score (nSPS) is 0. The maximum atomic E-state index is 0. The van der Waals surface area contributed by atoms with Crippen LogP contribution < -0.4 is 0 Å². The minimum atomic E-state index is 0. The molecule has 0 aliphatic carbocycles. The van der Waals surface area contributed by atoms with Crippen LogP contribution in [0.4, 0.5) is 0 Å². The fraction of sp³-hybridized carbons (Fsp3) is 0. The largest absolute Gasteiger partial charge is 0.187 e. The average Bonchev–Trinajstić information content (AvgIpc) is 0. The molecule has 0 heterocycles. The molecule has 0 aliphatic rings. The smallest absolute Gasteiger partial charge is 0 e. The second-order valence-corrected chi connectivity index (χ2v) is 0. The third-order valence-electron chi connectivity index (χ3n) is 0. The summed E-state index contributed by atoms with van der Waals surface area (Å²) in [6.07, 6.45) is 0. The first-order valence-corrected chi connectivity index (χ1v) is 0. The number of hydrogen-bond donors (Lipinski definition) is 0. The van der Waals surface area contributed by atoms with Crippen molar-refractivity contribution in [1.29, 1.82) is 0 Å². The molecule has 0 aromatic carbocycles. The summed E-state index contributed by atoms with van der Waals surface area (Å²) >= 11 is 0. The molecular weight excluding hydrogens is 177 g/mol. The maximum absolute atomic E-state index is 0. The first kappa shape index (κ1) is 34.7. The quantitative estimate of drug-likeness (QED) is 0.395. The Morgan fingerprint density at radius 3 is 1.00 bits per heavy atom. The van der Waals surface area contributed by atoms with E-state index >= 15 is 0 Å². The first-order valence-electron chi connectivity index (χ1n) is 0. The summed E-state index contributed by atoms with van der Waals surface area (Å²) in [5, 5.41) is 0. The van der Waals surface area contributed by atoms with Crippen LogP contribution in [0.25, 0.3) is 0 Å². The average molecular weight is 180 g/mol. The Kier molecular flexibility index (Phi) is 165. The van der Waals surface area contributed by atoms with Crippen LogP contribution in [0.5, 0.6) is 0 Å². The summed E-state index contributed by atoms with van der Waals surface area (Å²) in [7, 11) is 0. The Morgan fingerprint density at radius 1 is 1.00 bits per heavy atom. The van der Waals surface area contributed by atoms with Crippen molar-refractivity contribution in [3.8, 4) is 0 Å². The minimum Gasteiger partial charge on any atom is 0 e. The van der Waals surface area contributed by atoms with Crippen molar-refractivity contribution in [2.24, 2.45) is 0 Å². The van der Waals surface area contributed by atoms with Crippen molar-refractivity contribution in [2.75, 3.05) is 0 Å². The van der Waals surface area contributed by atoms with Crippen LogP contribution in [0.1, 0.15) is 0 Å². The van der Waals surface area contributed by atoms with E-state index in [1.165, 1.54) is 0 Å². The zero-order valence-corrected chi connectivity index (χ0v) is 5.60. The van der Waals surface area contributed by atoms with E-state index in [1.54, 1.807) is 0 Å². The van der Waals surface area contributed by atoms with E-state index < -0.39 is 0 Å². The summed E-state index contributed by atoms with van der Waals surface area (Å²) in [5.41, 5.74) is 0. The summed E-state index contributed by atoms with van der Waals surface area (Å²) in [6.45, 7) is 0. The molecule has 0 N–H and O–H groups in total. The standard InChI is InChI=1S/Al.B.Ti.Zr.3H. The summed E-state index contributed by atoms with van der Waals surface area (Å²) in [5.74, 6) is 0. The van der Waals surface area contributed by atoms with Crippen molar-refractivity contribution < 1.29 is 47.9 Å². The van der Waals surface area contributed by atoms with Gasteiger partial charge in [-0.15, -0.1) is 0 Å². The fourth-order valence-electron chi connectivity index (χ4n) is 0. The van der Waals surface area contributed by atoms with Crippen LogP contribution in [0.2, 0.25) is 0 Å². The molecule has 0 unspecified atom stereocenters. The number of hydrogen-bond acceptors (Lipinski definition) is 0. The Bertz CT molecular complexity index is 8.00. The monoisotopic (exact) mass is 179 g/mol. The third-order valence-corrected chi connectivity index (χ3v) is 0. The molecule has 0 fully saturated rings. The SMILES string of the molecule is [AlH3].[B].[Ti].[Zr]. The summed E-state index contributed by atoms with van der Waals surface area (Å²) in [4.78, 5) is 0. The Hall–Kier alpha value is 2.19. The van der Waals surface area contributed by atoms with Gasteiger partial charge in [-0.05, 0) is 0 Å². The van der Waals surface area contributed by atoms with Crippen LogP contribution >= 0.6 is 0 Å². The van der Waals surface area contributed by atoms with Gasteiger partial charge in [0.15, 0.2) is 17.4 Å². The van der Waals surface area contributed by atoms with Crippen LogP contribution in [0, 0.1) is 0 Å². The van der Waals surface area contributed by atoms with Gasteiger partial charge in [-0.25, -0.2) is 0 Å². The van der Waals surface area contributed by atoms with E-state index in [1.807, 2.05) is 0 Å². The fourth-order valence-corrected chi connectivity index (χ4v) is 0. The molecule has 0 bridgehead atoms. The van der Waals surface area contributed by atoms with Crippen molar-refractivity contribution in [3.05, 3.63) is 0 Å². The maximum Gasteiger partial charge on any atom is 0.187 e. The van der Waals surface area contributed by atoms with Gasteiger partial charge in [0.2, 0.25) is 0 Å². The van der Waals surface area contributed by atoms with E-state index in [4.69, 9.17) is 0 Å². The zero-order valence-electron chi connectivity index (χ0n) is 1.58. The van der Waals surface area contributed by atoms with E-state index in [9.17, 15) is 0 Å².